The molecule has 1 heterocycles. The first-order chi connectivity index (χ1) is 8.88. The van der Waals surface area contributed by atoms with E-state index in [-0.39, 0.29) is 0 Å². The van der Waals surface area contributed by atoms with Gasteiger partial charge in [0.2, 0.25) is 0 Å². The first kappa shape index (κ1) is 9.90. The zero-order chi connectivity index (χ0) is 12.1. The Kier molecular flexibility index (Phi) is 1.90. The Morgan fingerprint density at radius 1 is 1.33 bits per heavy atom. The van der Waals surface area contributed by atoms with Crippen LogP contribution in [0.25, 0.3) is 0 Å². The first-order valence-corrected chi connectivity index (χ1v) is 6.39. The standard InChI is InChI=1S/C15H13N3/c16-8-13-12-7-11-10(14(11)15(12)18-17-13)6-9-4-2-1-3-5-9/h1-5,10-11,14H,6-7H2,(H,17,18)/t10-,11-,14+/m0/s1. The number of nitrogens with one attached hydrogen (secondary N) is 1. The van der Waals surface area contributed by atoms with Crippen molar-refractivity contribution in [3.05, 3.63) is 52.8 Å². The quantitative estimate of drug-likeness (QED) is 0.869. The van der Waals surface area contributed by atoms with Crippen molar-refractivity contribution in [1.29, 1.82) is 5.26 Å². The molecule has 1 N–H and O–H groups in total. The first-order valence-electron chi connectivity index (χ1n) is 6.39. The van der Waals surface area contributed by atoms with E-state index in [9.17, 15) is 0 Å². The molecule has 1 aromatic heterocycles. The number of nitriles is 1. The van der Waals surface area contributed by atoms with Gasteiger partial charge >= 0.3 is 0 Å². The number of nitrogens with zero attached hydrogens (tertiary/aromatic N) is 2. The number of fused-ring (bicyclic) bond motifs is 3. The fraction of sp³-hybridized carbons (Fsp3) is 0.333. The molecule has 0 aliphatic heterocycles. The average molecular weight is 235 g/mol. The van der Waals surface area contributed by atoms with Crippen molar-refractivity contribution < 1.29 is 0 Å². The monoisotopic (exact) mass is 235 g/mol. The molecule has 88 valence electrons. The predicted octanol–water partition coefficient (Wildman–Crippen LogP) is 2.41. The maximum Gasteiger partial charge on any atom is 0.165 e. The van der Waals surface area contributed by atoms with E-state index in [4.69, 9.17) is 5.26 Å². The van der Waals surface area contributed by atoms with Gasteiger partial charge in [0.1, 0.15) is 6.07 Å². The topological polar surface area (TPSA) is 52.5 Å². The lowest BCUT2D eigenvalue weighted by atomic mass is 10.0. The molecule has 0 unspecified atom stereocenters. The highest BCUT2D eigenvalue weighted by Gasteiger charge is 2.57. The van der Waals surface area contributed by atoms with Crippen molar-refractivity contribution >= 4 is 0 Å². The van der Waals surface area contributed by atoms with Crippen LogP contribution in [0.2, 0.25) is 0 Å². The molecule has 0 spiro atoms. The summed E-state index contributed by atoms with van der Waals surface area (Å²) in [6, 6.07) is 12.8. The van der Waals surface area contributed by atoms with Gasteiger partial charge in [-0.15, -0.1) is 0 Å². The van der Waals surface area contributed by atoms with Gasteiger partial charge in [-0.2, -0.15) is 10.4 Å². The van der Waals surface area contributed by atoms with Crippen LogP contribution in [-0.4, -0.2) is 10.2 Å². The third kappa shape index (κ3) is 1.26. The summed E-state index contributed by atoms with van der Waals surface area (Å²) in [4.78, 5) is 0. The summed E-state index contributed by atoms with van der Waals surface area (Å²) < 4.78 is 0. The largest absolute Gasteiger partial charge is 0.281 e. The highest BCUT2D eigenvalue weighted by Crippen LogP contribution is 2.62. The molecule has 0 bridgehead atoms. The smallest absolute Gasteiger partial charge is 0.165 e. The Morgan fingerprint density at radius 3 is 2.94 bits per heavy atom. The van der Waals surface area contributed by atoms with Gasteiger partial charge in [0, 0.05) is 17.2 Å². The van der Waals surface area contributed by atoms with Gasteiger partial charge in [-0.05, 0) is 30.2 Å². The van der Waals surface area contributed by atoms with Crippen LogP contribution in [0.15, 0.2) is 30.3 Å². The zero-order valence-corrected chi connectivity index (χ0v) is 9.93. The number of aromatic nitrogens is 2. The SMILES string of the molecule is N#Cc1n[nH]c2c1C[C@H]1[C@H](Cc3ccccc3)[C@@H]21. The molecule has 1 fully saturated rings. The number of rotatable bonds is 2. The number of hydrogen-bond acceptors (Lipinski definition) is 2. The lowest BCUT2D eigenvalue weighted by Gasteiger charge is -2.03. The molecular formula is C15H13N3. The normalized spacial score (nSPS) is 27.4. The summed E-state index contributed by atoms with van der Waals surface area (Å²) in [5, 5.41) is 16.1. The van der Waals surface area contributed by atoms with Crippen molar-refractivity contribution in [1.82, 2.24) is 10.2 Å². The van der Waals surface area contributed by atoms with Gasteiger partial charge in [0.05, 0.1) is 0 Å². The molecule has 1 saturated carbocycles. The van der Waals surface area contributed by atoms with Crippen molar-refractivity contribution in [2.24, 2.45) is 11.8 Å². The summed E-state index contributed by atoms with van der Waals surface area (Å²) >= 11 is 0. The van der Waals surface area contributed by atoms with Gasteiger partial charge in [-0.3, -0.25) is 5.10 Å². The lowest BCUT2D eigenvalue weighted by molar-refractivity contribution is 0.687. The Bertz CT molecular complexity index is 636. The van der Waals surface area contributed by atoms with E-state index in [0.717, 1.165) is 24.7 Å². The number of aromatic amines is 1. The van der Waals surface area contributed by atoms with E-state index >= 15 is 0 Å². The Labute approximate surface area is 105 Å². The minimum absolute atomic E-state index is 0.607. The molecule has 0 saturated heterocycles. The van der Waals surface area contributed by atoms with E-state index in [1.807, 2.05) is 0 Å². The van der Waals surface area contributed by atoms with Crippen LogP contribution in [0.5, 0.6) is 0 Å². The minimum atomic E-state index is 0.607. The van der Waals surface area contributed by atoms with Crippen molar-refractivity contribution in [3.8, 4) is 6.07 Å². The number of H-pyrrole nitrogens is 1. The fourth-order valence-electron chi connectivity index (χ4n) is 3.51. The van der Waals surface area contributed by atoms with E-state index in [1.54, 1.807) is 0 Å². The van der Waals surface area contributed by atoms with Crippen LogP contribution in [0.1, 0.15) is 28.4 Å². The van der Waals surface area contributed by atoms with Crippen molar-refractivity contribution in [2.75, 3.05) is 0 Å². The van der Waals surface area contributed by atoms with E-state index < -0.39 is 0 Å². The fourth-order valence-corrected chi connectivity index (χ4v) is 3.51. The molecule has 4 rings (SSSR count). The van der Waals surface area contributed by atoms with Gasteiger partial charge in [-0.1, -0.05) is 30.3 Å². The van der Waals surface area contributed by atoms with Gasteiger partial charge in [0.25, 0.3) is 0 Å². The highest BCUT2D eigenvalue weighted by molar-refractivity contribution is 5.46. The second-order valence-corrected chi connectivity index (χ2v) is 5.32. The molecule has 2 aliphatic rings. The maximum absolute atomic E-state index is 8.96. The van der Waals surface area contributed by atoms with Crippen LogP contribution in [0, 0.1) is 23.2 Å². The predicted molar refractivity (Wildman–Crippen MR) is 66.9 cm³/mol. The summed E-state index contributed by atoms with van der Waals surface area (Å²) in [5.74, 6) is 2.10. The lowest BCUT2D eigenvalue weighted by Crippen LogP contribution is -1.97. The van der Waals surface area contributed by atoms with E-state index in [2.05, 4.69) is 46.6 Å². The molecule has 3 atom stereocenters. The van der Waals surface area contributed by atoms with Gasteiger partial charge < -0.3 is 0 Å². The molecule has 18 heavy (non-hydrogen) atoms. The highest BCUT2D eigenvalue weighted by atomic mass is 15.1. The third-order valence-electron chi connectivity index (χ3n) is 4.42. The Hall–Kier alpha value is -2.08. The minimum Gasteiger partial charge on any atom is -0.281 e. The Balaban J connectivity index is 1.56. The molecule has 3 heteroatoms. The summed E-state index contributed by atoms with van der Waals surface area (Å²) in [7, 11) is 0. The number of hydrogen-bond donors (Lipinski definition) is 1. The molecular weight excluding hydrogens is 222 g/mol. The summed E-state index contributed by atoms with van der Waals surface area (Å²) in [6.07, 6.45) is 2.19. The van der Waals surface area contributed by atoms with Crippen LogP contribution >= 0.6 is 0 Å². The summed E-state index contributed by atoms with van der Waals surface area (Å²) in [6.45, 7) is 0. The zero-order valence-electron chi connectivity index (χ0n) is 9.93. The average Bonchev–Trinajstić information content (AvgIpc) is 2.77. The molecule has 0 amide bonds. The van der Waals surface area contributed by atoms with Gasteiger partial charge in [-0.25, -0.2) is 0 Å². The Morgan fingerprint density at radius 2 is 2.17 bits per heavy atom. The molecule has 0 radical (unpaired) electrons. The number of benzene rings is 1. The summed E-state index contributed by atoms with van der Waals surface area (Å²) in [5.41, 5.74) is 4.43. The van der Waals surface area contributed by atoms with Crippen LogP contribution < -0.4 is 0 Å². The molecule has 3 nitrogen and oxygen atoms in total. The third-order valence-corrected chi connectivity index (χ3v) is 4.42. The molecule has 1 aromatic carbocycles. The van der Waals surface area contributed by atoms with Crippen LogP contribution in [-0.2, 0) is 12.8 Å². The molecule has 2 aromatic rings. The van der Waals surface area contributed by atoms with Crippen molar-refractivity contribution in [3.63, 3.8) is 0 Å². The van der Waals surface area contributed by atoms with Crippen LogP contribution in [0.4, 0.5) is 0 Å². The second kappa shape index (κ2) is 3.46. The van der Waals surface area contributed by atoms with Gasteiger partial charge in [0.15, 0.2) is 5.69 Å². The second-order valence-electron chi connectivity index (χ2n) is 5.32. The van der Waals surface area contributed by atoms with Crippen LogP contribution in [0.3, 0.4) is 0 Å². The van der Waals surface area contributed by atoms with E-state index in [0.29, 0.717) is 11.6 Å². The van der Waals surface area contributed by atoms with Crippen molar-refractivity contribution in [2.45, 2.75) is 18.8 Å². The molecule has 2 aliphatic carbocycles. The van der Waals surface area contributed by atoms with E-state index in [1.165, 1.54) is 16.8 Å². The maximum atomic E-state index is 8.96.